The van der Waals surface area contributed by atoms with Crippen LogP contribution in [0, 0.1) is 13.8 Å². The minimum Gasteiger partial charge on any atom is -0.355 e. The Kier molecular flexibility index (Phi) is 5.42. The van der Waals surface area contributed by atoms with Crippen LogP contribution in [0.3, 0.4) is 0 Å². The van der Waals surface area contributed by atoms with Crippen molar-refractivity contribution in [1.82, 2.24) is 10.6 Å². The molecule has 0 bridgehead atoms. The molecule has 0 atom stereocenters. The van der Waals surface area contributed by atoms with Crippen molar-refractivity contribution in [3.8, 4) is 20.9 Å². The van der Waals surface area contributed by atoms with E-state index in [4.69, 9.17) is 0 Å². The summed E-state index contributed by atoms with van der Waals surface area (Å²) in [7, 11) is 1.58. The molecule has 2 N–H and O–H groups in total. The number of benzene rings is 5. The van der Waals surface area contributed by atoms with Crippen molar-refractivity contribution in [3.63, 3.8) is 0 Å². The van der Waals surface area contributed by atoms with Crippen LogP contribution < -0.4 is 10.6 Å². The van der Waals surface area contributed by atoms with Crippen LogP contribution in [0.1, 0.15) is 51.2 Å². The third-order valence-corrected chi connectivity index (χ3v) is 10.5. The van der Waals surface area contributed by atoms with Crippen LogP contribution in [0.5, 0.6) is 0 Å². The van der Waals surface area contributed by atoms with E-state index in [1.54, 1.807) is 41.9 Å². The minimum absolute atomic E-state index is 0.285. The van der Waals surface area contributed by atoms with Gasteiger partial charge in [0.05, 0.1) is 0 Å². The van der Waals surface area contributed by atoms with Crippen LogP contribution in [-0.4, -0.2) is 31.1 Å². The number of nitrogens with one attached hydrogen (secondary N) is 2. The second kappa shape index (κ2) is 9.04. The lowest BCUT2D eigenvalue weighted by Crippen LogP contribution is -2.34. The van der Waals surface area contributed by atoms with Gasteiger partial charge in [-0.25, -0.2) is 0 Å². The van der Waals surface area contributed by atoms with Crippen molar-refractivity contribution < 1.29 is 19.2 Å². The zero-order valence-corrected chi connectivity index (χ0v) is 24.9. The average molecular weight is 599 g/mol. The Labute approximate surface area is 253 Å². The molecule has 1 aliphatic heterocycles. The van der Waals surface area contributed by atoms with Crippen molar-refractivity contribution in [2.24, 2.45) is 0 Å². The first kappa shape index (κ1) is 25.8. The highest BCUT2D eigenvalue weighted by molar-refractivity contribution is 7.16. The van der Waals surface area contributed by atoms with Crippen LogP contribution in [0.2, 0.25) is 0 Å². The summed E-state index contributed by atoms with van der Waals surface area (Å²) in [5, 5.41) is 11.6. The van der Waals surface area contributed by atoms with E-state index in [-0.39, 0.29) is 5.91 Å². The number of fused-ring (bicyclic) bond motifs is 2. The molecule has 0 saturated heterocycles. The van der Waals surface area contributed by atoms with Gasteiger partial charge in [0.1, 0.15) is 0 Å². The molecule has 5 aromatic carbocycles. The normalized spacial score (nSPS) is 13.0. The lowest BCUT2D eigenvalue weighted by atomic mass is 9.80. The summed E-state index contributed by atoms with van der Waals surface area (Å²) in [6.07, 6.45) is 0.821. The summed E-state index contributed by atoms with van der Waals surface area (Å²) in [6.45, 7) is 4.08. The molecular weight excluding hydrogens is 577 g/mol. The van der Waals surface area contributed by atoms with Gasteiger partial charge in [-0.1, -0.05) is 12.1 Å². The molecule has 208 valence electrons. The number of hydrogen-bond acceptors (Lipinski definition) is 6. The van der Waals surface area contributed by atoms with Gasteiger partial charge in [-0.3, -0.25) is 24.5 Å². The number of aldehydes is 1. The van der Waals surface area contributed by atoms with Gasteiger partial charge < -0.3 is 5.32 Å². The average Bonchev–Trinajstić information content (AvgIpc) is 3.65. The fraction of sp³-hybridized carbons (Fsp3) is 0.0857. The zero-order valence-electron chi connectivity index (χ0n) is 23.3. The van der Waals surface area contributed by atoms with E-state index in [2.05, 4.69) is 10.6 Å². The molecule has 43 heavy (non-hydrogen) atoms. The van der Waals surface area contributed by atoms with Crippen molar-refractivity contribution in [3.05, 3.63) is 92.7 Å². The van der Waals surface area contributed by atoms with E-state index in [0.717, 1.165) is 69.2 Å². The number of carbonyl (C=O) groups excluding carboxylic acids is 4. The summed E-state index contributed by atoms with van der Waals surface area (Å²) in [6, 6.07) is 19.4. The molecule has 8 heteroatoms. The summed E-state index contributed by atoms with van der Waals surface area (Å²) < 4.78 is 0. The van der Waals surface area contributed by atoms with Crippen LogP contribution in [0.15, 0.2) is 60.7 Å². The van der Waals surface area contributed by atoms with Crippen LogP contribution in [0.4, 0.5) is 0 Å². The number of rotatable bonds is 4. The topological polar surface area (TPSA) is 92.3 Å². The maximum atomic E-state index is 13.4. The van der Waals surface area contributed by atoms with E-state index in [1.165, 1.54) is 0 Å². The molecule has 6 nitrogen and oxygen atoms in total. The molecule has 3 heterocycles. The highest BCUT2D eigenvalue weighted by atomic mass is 32.1. The van der Waals surface area contributed by atoms with Gasteiger partial charge >= 0.3 is 0 Å². The Hall–Kier alpha value is -4.92. The summed E-state index contributed by atoms with van der Waals surface area (Å²) in [5.41, 5.74) is 3.48. The predicted octanol–water partition coefficient (Wildman–Crippen LogP) is 7.87. The standard InChI is InChI=1S/C35H22N2O4S2/c1-15-4-10-25(42-15)22-12-17(14-38)27-20(33(39)36-3)8-6-18-29-23(26-11-5-16(2)43-26)13-24-30-21(34(40)37-35(24)41)9-7-19(32(29)30)28(22)31(18)27/h4-14H,1-3H3,(H,36,39)(H,37,40,41). The zero-order chi connectivity index (χ0) is 29.7. The highest BCUT2D eigenvalue weighted by Gasteiger charge is 2.31. The Morgan fingerprint density at radius 1 is 0.674 bits per heavy atom. The quantitative estimate of drug-likeness (QED) is 0.0934. The smallest absolute Gasteiger partial charge is 0.258 e. The van der Waals surface area contributed by atoms with E-state index < -0.39 is 11.8 Å². The van der Waals surface area contributed by atoms with E-state index in [9.17, 15) is 19.2 Å². The molecule has 8 rings (SSSR count). The molecule has 1 aliphatic rings. The fourth-order valence-corrected chi connectivity index (χ4v) is 8.49. The molecule has 3 amide bonds. The fourth-order valence-electron chi connectivity index (χ4n) is 6.71. The highest BCUT2D eigenvalue weighted by Crippen LogP contribution is 2.51. The Morgan fingerprint density at radius 2 is 1.26 bits per heavy atom. The Balaban J connectivity index is 1.74. The summed E-state index contributed by atoms with van der Waals surface area (Å²) in [5.74, 6) is -1.13. The first-order valence-corrected chi connectivity index (χ1v) is 15.4. The van der Waals surface area contributed by atoms with Crippen molar-refractivity contribution in [2.45, 2.75) is 13.8 Å². The van der Waals surface area contributed by atoms with Crippen molar-refractivity contribution >= 4 is 89.8 Å². The van der Waals surface area contributed by atoms with E-state index in [1.807, 2.05) is 62.4 Å². The number of aryl methyl sites for hydroxylation is 2. The Bertz CT molecular complexity index is 2410. The van der Waals surface area contributed by atoms with Gasteiger partial charge in [-0.15, -0.1) is 22.7 Å². The SMILES string of the molecule is CNC(=O)c1ccc2c3c(-c4ccc(C)s4)cc4c5c(ccc(c6c(-c7ccc(C)s7)cc(C=O)c1c26)c53)C(=O)NC4=O. The molecule has 0 unspecified atom stereocenters. The first-order valence-electron chi connectivity index (χ1n) is 13.8. The van der Waals surface area contributed by atoms with Gasteiger partial charge in [-0.05, 0) is 94.7 Å². The summed E-state index contributed by atoms with van der Waals surface area (Å²) in [4.78, 5) is 56.6. The van der Waals surface area contributed by atoms with Crippen LogP contribution >= 0.6 is 22.7 Å². The van der Waals surface area contributed by atoms with Crippen LogP contribution in [-0.2, 0) is 0 Å². The van der Waals surface area contributed by atoms with Gasteiger partial charge in [0.15, 0.2) is 6.29 Å². The second-order valence-corrected chi connectivity index (χ2v) is 13.4. The van der Waals surface area contributed by atoms with Crippen LogP contribution in [0.25, 0.3) is 64.0 Å². The molecule has 2 aromatic heterocycles. The molecule has 7 aromatic rings. The van der Waals surface area contributed by atoms with Crippen molar-refractivity contribution in [1.29, 1.82) is 0 Å². The number of thiophene rings is 2. The largest absolute Gasteiger partial charge is 0.355 e. The Morgan fingerprint density at radius 3 is 1.84 bits per heavy atom. The van der Waals surface area contributed by atoms with E-state index >= 15 is 0 Å². The number of amides is 3. The van der Waals surface area contributed by atoms with E-state index in [0.29, 0.717) is 33.0 Å². The van der Waals surface area contributed by atoms with Gasteiger partial charge in [0, 0.05) is 70.7 Å². The van der Waals surface area contributed by atoms with Gasteiger partial charge in [0.2, 0.25) is 0 Å². The molecule has 0 fully saturated rings. The molecular formula is C35H22N2O4S2. The third kappa shape index (κ3) is 3.45. The maximum absolute atomic E-state index is 13.4. The molecule has 0 saturated carbocycles. The lowest BCUT2D eigenvalue weighted by Gasteiger charge is -2.25. The number of carbonyl (C=O) groups is 4. The predicted molar refractivity (Wildman–Crippen MR) is 174 cm³/mol. The second-order valence-electron chi connectivity index (χ2n) is 10.9. The van der Waals surface area contributed by atoms with Gasteiger partial charge in [0.25, 0.3) is 17.7 Å². The third-order valence-electron chi connectivity index (χ3n) is 8.46. The molecule has 0 aliphatic carbocycles. The molecule has 0 radical (unpaired) electrons. The first-order chi connectivity index (χ1) is 20.8. The maximum Gasteiger partial charge on any atom is 0.258 e. The minimum atomic E-state index is -0.425. The number of hydrogen-bond donors (Lipinski definition) is 2. The monoisotopic (exact) mass is 598 g/mol. The van der Waals surface area contributed by atoms with Gasteiger partial charge in [-0.2, -0.15) is 0 Å². The van der Waals surface area contributed by atoms with Crippen molar-refractivity contribution in [2.75, 3.05) is 7.05 Å². The summed E-state index contributed by atoms with van der Waals surface area (Å²) >= 11 is 3.26. The number of imide groups is 1. The lowest BCUT2D eigenvalue weighted by molar-refractivity contribution is 0.0843. The molecule has 0 spiro atoms.